The predicted molar refractivity (Wildman–Crippen MR) is 144 cm³/mol. The summed E-state index contributed by atoms with van der Waals surface area (Å²) in [4.78, 5) is 18.6. The average molecular weight is 522 g/mol. The molecule has 0 aliphatic carbocycles. The number of hydrogen-bond donors (Lipinski definition) is 1. The van der Waals surface area contributed by atoms with E-state index in [0.29, 0.717) is 34.3 Å². The lowest BCUT2D eigenvalue weighted by Gasteiger charge is -2.24. The molecule has 0 fully saturated rings. The predicted octanol–water partition coefficient (Wildman–Crippen LogP) is 5.73. The van der Waals surface area contributed by atoms with E-state index in [-0.39, 0.29) is 11.4 Å². The SMILES string of the molecule is N=C1C(=Cc2cccn2CCOc2ccc(Cl)cc2)C(=O)N=C2SN=C(SCc3ccccc3)N12. The fraction of sp³-hybridized carbons (Fsp3) is 0.120. The first kappa shape index (κ1) is 23.5. The Morgan fingerprint density at radius 2 is 1.89 bits per heavy atom. The summed E-state index contributed by atoms with van der Waals surface area (Å²) in [5.74, 6) is 1.08. The van der Waals surface area contributed by atoms with Crippen LogP contribution in [-0.4, -0.2) is 38.2 Å². The van der Waals surface area contributed by atoms with E-state index in [4.69, 9.17) is 21.7 Å². The van der Waals surface area contributed by atoms with E-state index in [1.807, 2.05) is 65.4 Å². The van der Waals surface area contributed by atoms with Crippen LogP contribution in [0.15, 0.2) is 87.9 Å². The van der Waals surface area contributed by atoms with Crippen molar-refractivity contribution in [3.8, 4) is 5.75 Å². The number of aliphatic imine (C=N–C) groups is 1. The number of nitrogens with zero attached hydrogens (tertiary/aromatic N) is 4. The standard InChI is InChI=1S/C25H20ClN5O2S2/c26-18-8-10-20(11-9-18)33-14-13-30-12-4-7-19(30)15-21-22(27)31-24(28-23(21)32)35-29-25(31)34-16-17-5-2-1-3-6-17/h1-12,15,27H,13-14,16H2. The van der Waals surface area contributed by atoms with E-state index in [1.165, 1.54) is 11.8 Å². The van der Waals surface area contributed by atoms with E-state index in [2.05, 4.69) is 9.39 Å². The molecule has 35 heavy (non-hydrogen) atoms. The van der Waals surface area contributed by atoms with Gasteiger partial charge in [0.05, 0.1) is 24.1 Å². The molecule has 0 radical (unpaired) electrons. The highest BCUT2D eigenvalue weighted by atomic mass is 35.5. The van der Waals surface area contributed by atoms with Gasteiger partial charge in [-0.3, -0.25) is 10.2 Å². The lowest BCUT2D eigenvalue weighted by Crippen LogP contribution is -2.41. The summed E-state index contributed by atoms with van der Waals surface area (Å²) in [6.07, 6.45) is 3.62. The fourth-order valence-corrected chi connectivity index (χ4v) is 5.45. The van der Waals surface area contributed by atoms with Crippen LogP contribution in [0.4, 0.5) is 0 Å². The lowest BCUT2D eigenvalue weighted by atomic mass is 10.1. The third kappa shape index (κ3) is 5.37. The van der Waals surface area contributed by atoms with Crippen LogP contribution in [0, 0.1) is 5.41 Å². The van der Waals surface area contributed by atoms with Gasteiger partial charge in [-0.2, -0.15) is 9.39 Å². The van der Waals surface area contributed by atoms with Gasteiger partial charge in [-0.05, 0) is 48.0 Å². The molecule has 0 atom stereocenters. The number of rotatable bonds is 7. The number of benzene rings is 2. The normalized spacial score (nSPS) is 16.4. The number of ether oxygens (including phenoxy) is 1. The van der Waals surface area contributed by atoms with Gasteiger partial charge in [0.1, 0.15) is 18.2 Å². The zero-order valence-corrected chi connectivity index (χ0v) is 20.8. The van der Waals surface area contributed by atoms with E-state index >= 15 is 0 Å². The first-order chi connectivity index (χ1) is 17.1. The molecule has 0 saturated heterocycles. The minimum atomic E-state index is -0.441. The number of amides is 1. The topological polar surface area (TPSA) is 83.0 Å². The largest absolute Gasteiger partial charge is 0.492 e. The van der Waals surface area contributed by atoms with Gasteiger partial charge in [-0.1, -0.05) is 53.7 Å². The maximum absolute atomic E-state index is 12.8. The molecular formula is C25H20ClN5O2S2. The first-order valence-electron chi connectivity index (χ1n) is 10.8. The Kier molecular flexibility index (Phi) is 7.08. The van der Waals surface area contributed by atoms with Gasteiger partial charge in [0.2, 0.25) is 5.17 Å². The van der Waals surface area contributed by atoms with Gasteiger partial charge in [-0.25, -0.2) is 4.90 Å². The maximum Gasteiger partial charge on any atom is 0.283 e. The molecule has 3 heterocycles. The number of nitrogens with one attached hydrogen (secondary N) is 1. The van der Waals surface area contributed by atoms with Crippen LogP contribution in [0.25, 0.3) is 6.08 Å². The second-order valence-corrected chi connectivity index (χ2v) is 9.72. The van der Waals surface area contributed by atoms with Gasteiger partial charge in [0.15, 0.2) is 5.17 Å². The van der Waals surface area contributed by atoms with Crippen molar-refractivity contribution in [3.05, 3.63) is 94.8 Å². The zero-order chi connectivity index (χ0) is 24.2. The summed E-state index contributed by atoms with van der Waals surface area (Å²) in [7, 11) is 0. The van der Waals surface area contributed by atoms with E-state index in [0.717, 1.165) is 29.0 Å². The van der Waals surface area contributed by atoms with Gasteiger partial charge >= 0.3 is 0 Å². The van der Waals surface area contributed by atoms with Crippen LogP contribution in [0.3, 0.4) is 0 Å². The molecule has 5 rings (SSSR count). The molecule has 1 amide bonds. The molecule has 2 aliphatic rings. The summed E-state index contributed by atoms with van der Waals surface area (Å²) in [5, 5.41) is 10.5. The Morgan fingerprint density at radius 1 is 1.09 bits per heavy atom. The Balaban J connectivity index is 1.28. The highest BCUT2D eigenvalue weighted by molar-refractivity contribution is 8.18. The van der Waals surface area contributed by atoms with E-state index in [9.17, 15) is 4.79 Å². The number of halogens is 1. The third-order valence-corrected chi connectivity index (χ3v) is 7.36. The Morgan fingerprint density at radius 3 is 2.69 bits per heavy atom. The molecular weight excluding hydrogens is 502 g/mol. The monoisotopic (exact) mass is 521 g/mol. The van der Waals surface area contributed by atoms with Crippen LogP contribution < -0.4 is 4.74 Å². The zero-order valence-electron chi connectivity index (χ0n) is 18.4. The number of hydrogen-bond acceptors (Lipinski definition) is 6. The van der Waals surface area contributed by atoms with Crippen molar-refractivity contribution in [1.29, 1.82) is 5.41 Å². The molecule has 10 heteroatoms. The molecule has 0 unspecified atom stereocenters. The molecule has 0 spiro atoms. The van der Waals surface area contributed by atoms with Crippen molar-refractivity contribution in [1.82, 2.24) is 9.47 Å². The third-order valence-electron chi connectivity index (χ3n) is 5.28. The van der Waals surface area contributed by atoms with Gasteiger partial charge in [-0.15, -0.1) is 0 Å². The minimum Gasteiger partial charge on any atom is -0.492 e. The number of amidine groups is 3. The molecule has 1 aromatic heterocycles. The lowest BCUT2D eigenvalue weighted by molar-refractivity contribution is -0.114. The molecule has 1 N–H and O–H groups in total. The molecule has 0 saturated carbocycles. The van der Waals surface area contributed by atoms with Crippen LogP contribution >= 0.6 is 35.3 Å². The van der Waals surface area contributed by atoms with Crippen LogP contribution in [0.2, 0.25) is 5.02 Å². The minimum absolute atomic E-state index is 0.0782. The van der Waals surface area contributed by atoms with Gasteiger partial charge in [0, 0.05) is 22.7 Å². The molecule has 3 aromatic rings. The van der Waals surface area contributed by atoms with Crippen molar-refractivity contribution in [2.45, 2.75) is 12.3 Å². The molecule has 2 aliphatic heterocycles. The summed E-state index contributed by atoms with van der Waals surface area (Å²) >= 11 is 8.56. The second kappa shape index (κ2) is 10.6. The molecule has 7 nitrogen and oxygen atoms in total. The second-order valence-electron chi connectivity index (χ2n) is 7.61. The van der Waals surface area contributed by atoms with Crippen LogP contribution in [0.5, 0.6) is 5.75 Å². The number of fused-ring (bicyclic) bond motifs is 1. The molecule has 176 valence electrons. The molecule has 2 aromatic carbocycles. The summed E-state index contributed by atoms with van der Waals surface area (Å²) in [6, 6.07) is 21.1. The van der Waals surface area contributed by atoms with Crippen molar-refractivity contribution in [2.24, 2.45) is 9.39 Å². The highest BCUT2D eigenvalue weighted by Crippen LogP contribution is 2.33. The van der Waals surface area contributed by atoms with Crippen LogP contribution in [-0.2, 0) is 17.1 Å². The van der Waals surface area contributed by atoms with Crippen molar-refractivity contribution in [2.75, 3.05) is 6.61 Å². The fourth-order valence-electron chi connectivity index (χ4n) is 3.52. The first-order valence-corrected chi connectivity index (χ1v) is 12.9. The Hall–Kier alpha value is -3.27. The summed E-state index contributed by atoms with van der Waals surface area (Å²) < 4.78 is 12.2. The Labute approximate surface area is 216 Å². The highest BCUT2D eigenvalue weighted by Gasteiger charge is 2.37. The van der Waals surface area contributed by atoms with E-state index < -0.39 is 5.91 Å². The van der Waals surface area contributed by atoms with Crippen LogP contribution in [0.1, 0.15) is 11.3 Å². The summed E-state index contributed by atoms with van der Waals surface area (Å²) in [5.41, 5.74) is 2.17. The smallest absolute Gasteiger partial charge is 0.283 e. The van der Waals surface area contributed by atoms with Crippen molar-refractivity contribution < 1.29 is 9.53 Å². The van der Waals surface area contributed by atoms with Gasteiger partial charge in [0.25, 0.3) is 5.91 Å². The van der Waals surface area contributed by atoms with Crippen molar-refractivity contribution >= 4 is 63.5 Å². The van der Waals surface area contributed by atoms with Crippen molar-refractivity contribution in [3.63, 3.8) is 0 Å². The number of thioether (sulfide) groups is 1. The van der Waals surface area contributed by atoms with Gasteiger partial charge < -0.3 is 9.30 Å². The number of aromatic nitrogens is 1. The number of carbonyl (C=O) groups excluding carboxylic acids is 1. The van der Waals surface area contributed by atoms with E-state index in [1.54, 1.807) is 23.1 Å². The Bertz CT molecular complexity index is 1350. The average Bonchev–Trinajstić information content (AvgIpc) is 3.49. The number of carbonyl (C=O) groups is 1. The quantitative estimate of drug-likeness (QED) is 0.317. The summed E-state index contributed by atoms with van der Waals surface area (Å²) in [6.45, 7) is 1.01. The molecule has 0 bridgehead atoms. The maximum atomic E-state index is 12.8.